The van der Waals surface area contributed by atoms with Gasteiger partial charge in [0.1, 0.15) is 24.3 Å². The molecule has 15 heteroatoms. The van der Waals surface area contributed by atoms with Gasteiger partial charge in [-0.3, -0.25) is 4.79 Å². The molecular weight excluding hydrogens is 548 g/mol. The molecular formula is C26H33ClN12O2. The largest absolute Gasteiger partial charge is 0.481 e. The number of aryl methyl sites for hydroxylation is 2. The van der Waals surface area contributed by atoms with E-state index in [-0.39, 0.29) is 0 Å². The summed E-state index contributed by atoms with van der Waals surface area (Å²) < 4.78 is 0. The minimum Gasteiger partial charge on any atom is -0.481 e. The minimum atomic E-state index is -0.833. The molecule has 2 saturated carbocycles. The van der Waals surface area contributed by atoms with E-state index in [1.807, 2.05) is 20.0 Å². The first-order chi connectivity index (χ1) is 19.7. The maximum Gasteiger partial charge on any atom is 0.300 e. The van der Waals surface area contributed by atoms with Crippen molar-refractivity contribution in [2.75, 3.05) is 21.7 Å². The van der Waals surface area contributed by atoms with Crippen molar-refractivity contribution in [3.8, 4) is 0 Å². The Morgan fingerprint density at radius 1 is 0.829 bits per heavy atom. The highest BCUT2D eigenvalue weighted by molar-refractivity contribution is 6.28. The molecule has 6 rings (SSSR count). The zero-order valence-corrected chi connectivity index (χ0v) is 23.7. The second-order valence-corrected chi connectivity index (χ2v) is 9.51. The third-order valence-electron chi connectivity index (χ3n) is 5.15. The number of halogens is 1. The zero-order valence-electron chi connectivity index (χ0n) is 23.0. The highest BCUT2D eigenvalue weighted by Crippen LogP contribution is 2.26. The second-order valence-electron chi connectivity index (χ2n) is 9.18. The van der Waals surface area contributed by atoms with Gasteiger partial charge in [0.05, 0.1) is 36.2 Å². The molecule has 2 aliphatic carbocycles. The van der Waals surface area contributed by atoms with Gasteiger partial charge in [0.25, 0.3) is 5.97 Å². The van der Waals surface area contributed by atoms with Gasteiger partial charge in [0, 0.05) is 42.5 Å². The van der Waals surface area contributed by atoms with Crippen LogP contribution in [0.15, 0.2) is 49.8 Å². The Morgan fingerprint density at radius 3 is 1.76 bits per heavy atom. The first-order valence-corrected chi connectivity index (χ1v) is 13.1. The van der Waals surface area contributed by atoms with E-state index < -0.39 is 5.97 Å². The van der Waals surface area contributed by atoms with E-state index in [0.717, 1.165) is 35.4 Å². The molecule has 0 saturated heterocycles. The molecule has 0 aromatic carbocycles. The summed E-state index contributed by atoms with van der Waals surface area (Å²) >= 11 is 5.66. The van der Waals surface area contributed by atoms with Gasteiger partial charge in [-0.15, -0.1) is 0 Å². The number of carboxylic acids is 1. The van der Waals surface area contributed by atoms with Crippen molar-refractivity contribution < 1.29 is 9.90 Å². The van der Waals surface area contributed by atoms with Crippen molar-refractivity contribution in [2.24, 2.45) is 0 Å². The van der Waals surface area contributed by atoms with Crippen LogP contribution in [0.1, 0.15) is 43.7 Å². The van der Waals surface area contributed by atoms with Crippen molar-refractivity contribution in [1.82, 2.24) is 39.9 Å². The molecule has 2 aliphatic rings. The number of carbonyl (C=O) groups is 1. The zero-order chi connectivity index (χ0) is 29.6. The number of nitrogens with one attached hydrogen (secondary N) is 3. The van der Waals surface area contributed by atoms with Crippen LogP contribution in [-0.2, 0) is 4.79 Å². The molecule has 4 aromatic rings. The Labute approximate surface area is 242 Å². The average Bonchev–Trinajstić information content (AvgIpc) is 3.87. The van der Waals surface area contributed by atoms with E-state index in [1.165, 1.54) is 38.3 Å². The summed E-state index contributed by atoms with van der Waals surface area (Å²) in [7, 11) is 0. The van der Waals surface area contributed by atoms with E-state index in [9.17, 15) is 0 Å². The van der Waals surface area contributed by atoms with Crippen LogP contribution in [-0.4, -0.2) is 63.0 Å². The van der Waals surface area contributed by atoms with Crippen LogP contribution in [0.5, 0.6) is 0 Å². The Hall–Kier alpha value is -4.72. The summed E-state index contributed by atoms with van der Waals surface area (Å²) in [6, 6.07) is 1.18. The topological polar surface area (TPSA) is 203 Å². The van der Waals surface area contributed by atoms with Gasteiger partial charge in [0.15, 0.2) is 0 Å². The fourth-order valence-electron chi connectivity index (χ4n) is 2.86. The number of nitrogen functional groups attached to an aromatic ring is 1. The molecule has 41 heavy (non-hydrogen) atoms. The van der Waals surface area contributed by atoms with Crippen LogP contribution in [0.4, 0.5) is 29.0 Å². The molecule has 0 aliphatic heterocycles. The smallest absolute Gasteiger partial charge is 0.300 e. The Balaban J connectivity index is 0.000000173. The van der Waals surface area contributed by atoms with E-state index in [2.05, 4.69) is 55.8 Å². The minimum absolute atomic E-state index is 0.309. The standard InChI is InChI=1S/C12H14N6.C8H10ClN3.C4H5N3.C2H4O2/c1-8-4-15-12(17-10-5-13-7-14-6-10)18-11(8)16-9-2-3-9;1-5-4-10-8(9)12-7(5)11-6-2-3-6;5-4-1-6-3-7-2-4;1-2(3)4/h4-7,9H,2-3H2,1H3,(H2,15,16,17,18);4,6H,2-3H2,1H3,(H,10,11,12);1-3H,5H2;1H3,(H,3,4). The van der Waals surface area contributed by atoms with Gasteiger partial charge in [-0.25, -0.2) is 34.9 Å². The van der Waals surface area contributed by atoms with Gasteiger partial charge in [-0.1, -0.05) is 0 Å². The van der Waals surface area contributed by atoms with Gasteiger partial charge < -0.3 is 26.8 Å². The molecule has 216 valence electrons. The third kappa shape index (κ3) is 12.8. The van der Waals surface area contributed by atoms with Crippen molar-refractivity contribution in [2.45, 2.75) is 58.5 Å². The van der Waals surface area contributed by atoms with Gasteiger partial charge >= 0.3 is 0 Å². The lowest BCUT2D eigenvalue weighted by Gasteiger charge is -2.09. The highest BCUT2D eigenvalue weighted by Gasteiger charge is 2.23. The lowest BCUT2D eigenvalue weighted by atomic mass is 10.3. The summed E-state index contributed by atoms with van der Waals surface area (Å²) in [5, 5.41) is 17.5. The number of nitrogens with two attached hydrogens (primary N) is 1. The maximum absolute atomic E-state index is 9.00. The number of aromatic nitrogens is 8. The van der Waals surface area contributed by atoms with E-state index >= 15 is 0 Å². The molecule has 0 bridgehead atoms. The van der Waals surface area contributed by atoms with Crippen LogP contribution in [0.3, 0.4) is 0 Å². The first kappa shape index (κ1) is 30.8. The Bertz CT molecular complexity index is 1370. The molecule has 4 heterocycles. The van der Waals surface area contributed by atoms with Crippen LogP contribution in [0, 0.1) is 13.8 Å². The number of aliphatic carboxylic acids is 1. The van der Waals surface area contributed by atoms with E-state index in [4.69, 9.17) is 27.2 Å². The lowest BCUT2D eigenvalue weighted by Crippen LogP contribution is -2.07. The average molecular weight is 581 g/mol. The predicted molar refractivity (Wildman–Crippen MR) is 157 cm³/mol. The molecule has 14 nitrogen and oxygen atoms in total. The first-order valence-electron chi connectivity index (χ1n) is 12.8. The SMILES string of the molecule is CC(=O)O.Cc1cnc(Cl)nc1NC1CC1.Cc1cnc(Nc2cncnc2)nc1NC1CC1.Nc1cncnc1. The Kier molecular flexibility index (Phi) is 11.8. The molecule has 0 atom stereocenters. The molecule has 0 spiro atoms. The predicted octanol–water partition coefficient (Wildman–Crippen LogP) is 4.06. The monoisotopic (exact) mass is 580 g/mol. The number of carboxylic acid groups (broad SMARTS) is 1. The van der Waals surface area contributed by atoms with Crippen LogP contribution >= 0.6 is 11.6 Å². The number of rotatable bonds is 6. The van der Waals surface area contributed by atoms with Gasteiger partial charge in [-0.2, -0.15) is 4.98 Å². The molecule has 0 radical (unpaired) electrons. The number of hydrogen-bond donors (Lipinski definition) is 5. The normalized spacial score (nSPS) is 13.1. The highest BCUT2D eigenvalue weighted by atomic mass is 35.5. The molecule has 0 unspecified atom stereocenters. The summed E-state index contributed by atoms with van der Waals surface area (Å²) in [4.78, 5) is 40.8. The van der Waals surface area contributed by atoms with Crippen LogP contribution in [0.2, 0.25) is 5.28 Å². The van der Waals surface area contributed by atoms with Crippen molar-refractivity contribution in [1.29, 1.82) is 0 Å². The fourth-order valence-corrected chi connectivity index (χ4v) is 2.99. The third-order valence-corrected chi connectivity index (χ3v) is 5.33. The van der Waals surface area contributed by atoms with Crippen molar-refractivity contribution in [3.05, 3.63) is 66.2 Å². The number of anilines is 5. The number of hydrogen-bond acceptors (Lipinski definition) is 13. The summed E-state index contributed by atoms with van der Waals surface area (Å²) in [5.74, 6) is 1.49. The molecule has 4 aromatic heterocycles. The molecule has 2 fully saturated rings. The van der Waals surface area contributed by atoms with Gasteiger partial charge in [0.2, 0.25) is 11.2 Å². The summed E-state index contributed by atoms with van der Waals surface area (Å²) in [6.07, 6.45) is 17.9. The summed E-state index contributed by atoms with van der Waals surface area (Å²) in [6.45, 7) is 5.06. The second kappa shape index (κ2) is 15.8. The van der Waals surface area contributed by atoms with Crippen molar-refractivity contribution >= 4 is 46.5 Å². The van der Waals surface area contributed by atoms with Crippen LogP contribution in [0.25, 0.3) is 0 Å². The van der Waals surface area contributed by atoms with Crippen molar-refractivity contribution in [3.63, 3.8) is 0 Å². The molecule has 6 N–H and O–H groups in total. The quantitative estimate of drug-likeness (QED) is 0.204. The Morgan fingerprint density at radius 2 is 1.29 bits per heavy atom. The van der Waals surface area contributed by atoms with Crippen LogP contribution < -0.4 is 21.7 Å². The molecule has 0 amide bonds. The van der Waals surface area contributed by atoms with E-state index in [1.54, 1.807) is 31.0 Å². The fraction of sp³-hybridized carbons (Fsp3) is 0.346. The lowest BCUT2D eigenvalue weighted by molar-refractivity contribution is -0.134. The van der Waals surface area contributed by atoms with E-state index in [0.29, 0.717) is 29.0 Å². The number of nitrogens with zero attached hydrogens (tertiary/aromatic N) is 8. The summed E-state index contributed by atoms with van der Waals surface area (Å²) in [5.41, 5.74) is 8.71. The maximum atomic E-state index is 9.00. The van der Waals surface area contributed by atoms with Gasteiger partial charge in [-0.05, 0) is 51.1 Å².